The summed E-state index contributed by atoms with van der Waals surface area (Å²) in [5, 5.41) is 10.8. The van der Waals surface area contributed by atoms with Crippen LogP contribution < -0.4 is 0 Å². The zero-order chi connectivity index (χ0) is 13.7. The lowest BCUT2D eigenvalue weighted by molar-refractivity contribution is 0.177. The van der Waals surface area contributed by atoms with Gasteiger partial charge in [0.2, 0.25) is 0 Å². The van der Waals surface area contributed by atoms with Crippen LogP contribution in [0.1, 0.15) is 22.8 Å². The molecule has 19 heavy (non-hydrogen) atoms. The van der Waals surface area contributed by atoms with Gasteiger partial charge in [-0.3, -0.25) is 4.98 Å². The molecule has 0 radical (unpaired) electrons. The highest BCUT2D eigenvalue weighted by Gasteiger charge is 2.10. The SMILES string of the molecule is COCc1ccc(C(O)Cc2ccncc2Cl)cc1. The average molecular weight is 278 g/mol. The van der Waals surface area contributed by atoms with Crippen LogP contribution in [0.15, 0.2) is 42.7 Å². The van der Waals surface area contributed by atoms with Gasteiger partial charge in [0.1, 0.15) is 0 Å². The molecule has 0 spiro atoms. The van der Waals surface area contributed by atoms with E-state index in [1.165, 1.54) is 0 Å². The number of hydrogen-bond acceptors (Lipinski definition) is 3. The molecule has 0 aliphatic rings. The standard InChI is InChI=1S/C15H16ClNO2/c1-19-10-11-2-4-12(5-3-11)15(18)8-13-6-7-17-9-14(13)16/h2-7,9,15,18H,8,10H2,1H3. The van der Waals surface area contributed by atoms with E-state index in [0.717, 1.165) is 16.7 Å². The van der Waals surface area contributed by atoms with Crippen molar-refractivity contribution in [2.24, 2.45) is 0 Å². The number of aliphatic hydroxyl groups is 1. The van der Waals surface area contributed by atoms with Gasteiger partial charge in [-0.1, -0.05) is 35.9 Å². The summed E-state index contributed by atoms with van der Waals surface area (Å²) >= 11 is 6.03. The second kappa shape index (κ2) is 6.66. The number of hydrogen-bond donors (Lipinski definition) is 1. The number of pyridine rings is 1. The molecule has 0 fully saturated rings. The number of methoxy groups -OCH3 is 1. The maximum atomic E-state index is 10.2. The minimum absolute atomic E-state index is 0.477. The lowest BCUT2D eigenvalue weighted by Gasteiger charge is -2.12. The number of rotatable bonds is 5. The average Bonchev–Trinajstić information content (AvgIpc) is 2.42. The van der Waals surface area contributed by atoms with E-state index in [-0.39, 0.29) is 0 Å². The van der Waals surface area contributed by atoms with Crippen LogP contribution >= 0.6 is 11.6 Å². The Kier molecular flexibility index (Phi) is 4.91. The molecule has 4 heteroatoms. The first-order valence-corrected chi connectivity index (χ1v) is 6.42. The lowest BCUT2D eigenvalue weighted by atomic mass is 10.0. The Morgan fingerprint density at radius 1 is 1.26 bits per heavy atom. The summed E-state index contributed by atoms with van der Waals surface area (Å²) in [6.45, 7) is 0.576. The van der Waals surface area contributed by atoms with E-state index in [1.54, 1.807) is 19.5 Å². The van der Waals surface area contributed by atoms with Crippen molar-refractivity contribution < 1.29 is 9.84 Å². The molecule has 1 aromatic heterocycles. The van der Waals surface area contributed by atoms with E-state index in [2.05, 4.69) is 4.98 Å². The highest BCUT2D eigenvalue weighted by atomic mass is 35.5. The van der Waals surface area contributed by atoms with E-state index >= 15 is 0 Å². The van der Waals surface area contributed by atoms with Gasteiger partial charge in [-0.05, 0) is 22.8 Å². The summed E-state index contributed by atoms with van der Waals surface area (Å²) < 4.78 is 5.05. The topological polar surface area (TPSA) is 42.4 Å². The number of aliphatic hydroxyl groups excluding tert-OH is 1. The van der Waals surface area contributed by atoms with Crippen molar-refractivity contribution >= 4 is 11.6 Å². The van der Waals surface area contributed by atoms with Crippen LogP contribution in [-0.2, 0) is 17.8 Å². The molecule has 1 atom stereocenters. The van der Waals surface area contributed by atoms with Gasteiger partial charge >= 0.3 is 0 Å². The van der Waals surface area contributed by atoms with Gasteiger partial charge in [0.25, 0.3) is 0 Å². The van der Waals surface area contributed by atoms with Crippen molar-refractivity contribution in [3.05, 3.63) is 64.4 Å². The Labute approximate surface area is 117 Å². The second-order valence-electron chi connectivity index (χ2n) is 4.36. The van der Waals surface area contributed by atoms with Gasteiger partial charge < -0.3 is 9.84 Å². The number of benzene rings is 1. The van der Waals surface area contributed by atoms with Crippen LogP contribution in [0.4, 0.5) is 0 Å². The van der Waals surface area contributed by atoms with Crippen LogP contribution in [0, 0.1) is 0 Å². The van der Waals surface area contributed by atoms with Gasteiger partial charge in [-0.2, -0.15) is 0 Å². The number of halogens is 1. The molecule has 100 valence electrons. The van der Waals surface area contributed by atoms with Crippen molar-refractivity contribution in [2.75, 3.05) is 7.11 Å². The molecule has 0 aliphatic carbocycles. The molecule has 0 aliphatic heterocycles. The summed E-state index contributed by atoms with van der Waals surface area (Å²) in [6.07, 6.45) is 3.17. The summed E-state index contributed by atoms with van der Waals surface area (Å²) in [4.78, 5) is 3.93. The van der Waals surface area contributed by atoms with Gasteiger partial charge in [0.05, 0.1) is 17.7 Å². The monoisotopic (exact) mass is 277 g/mol. The summed E-state index contributed by atoms with van der Waals surface area (Å²) in [5.74, 6) is 0. The third kappa shape index (κ3) is 3.77. The van der Waals surface area contributed by atoms with Crippen molar-refractivity contribution in [1.82, 2.24) is 4.98 Å². The number of nitrogens with zero attached hydrogens (tertiary/aromatic N) is 1. The first kappa shape index (κ1) is 14.0. The fourth-order valence-corrected chi connectivity index (χ4v) is 2.09. The normalized spacial score (nSPS) is 12.4. The van der Waals surface area contributed by atoms with E-state index in [9.17, 15) is 5.11 Å². The fraction of sp³-hybridized carbons (Fsp3) is 0.267. The molecule has 0 saturated carbocycles. The molecule has 0 amide bonds. The quantitative estimate of drug-likeness (QED) is 0.913. The minimum atomic E-state index is -0.573. The molecule has 2 rings (SSSR count). The Bertz CT molecular complexity index is 528. The summed E-state index contributed by atoms with van der Waals surface area (Å²) in [5.41, 5.74) is 2.85. The predicted molar refractivity (Wildman–Crippen MR) is 75.1 cm³/mol. The molecule has 0 bridgehead atoms. The van der Waals surface area contributed by atoms with Crippen LogP contribution in [0.3, 0.4) is 0 Å². The van der Waals surface area contributed by atoms with Gasteiger partial charge in [0.15, 0.2) is 0 Å². The maximum Gasteiger partial charge on any atom is 0.0830 e. The van der Waals surface area contributed by atoms with E-state index in [4.69, 9.17) is 16.3 Å². The van der Waals surface area contributed by atoms with E-state index in [1.807, 2.05) is 30.3 Å². The molecule has 2 aromatic rings. The zero-order valence-corrected chi connectivity index (χ0v) is 11.5. The van der Waals surface area contributed by atoms with Crippen LogP contribution in [-0.4, -0.2) is 17.2 Å². The third-order valence-corrected chi connectivity index (χ3v) is 3.29. The molecular formula is C15H16ClNO2. The van der Waals surface area contributed by atoms with Crippen LogP contribution in [0.25, 0.3) is 0 Å². The third-order valence-electron chi connectivity index (χ3n) is 2.95. The van der Waals surface area contributed by atoms with E-state index < -0.39 is 6.10 Å². The Hall–Kier alpha value is -1.42. The zero-order valence-electron chi connectivity index (χ0n) is 10.7. The number of ether oxygens (including phenoxy) is 1. The lowest BCUT2D eigenvalue weighted by Crippen LogP contribution is -2.03. The molecule has 1 unspecified atom stereocenters. The first-order chi connectivity index (χ1) is 9.20. The van der Waals surface area contributed by atoms with Gasteiger partial charge in [-0.15, -0.1) is 0 Å². The first-order valence-electron chi connectivity index (χ1n) is 6.05. The number of aromatic nitrogens is 1. The van der Waals surface area contributed by atoms with Crippen molar-refractivity contribution in [2.45, 2.75) is 19.1 Å². The predicted octanol–water partition coefficient (Wildman–Crippen LogP) is 3.16. The van der Waals surface area contributed by atoms with Crippen molar-refractivity contribution in [3.8, 4) is 0 Å². The summed E-state index contributed by atoms with van der Waals surface area (Å²) in [7, 11) is 1.66. The molecule has 3 nitrogen and oxygen atoms in total. The highest BCUT2D eigenvalue weighted by Crippen LogP contribution is 2.23. The molecular weight excluding hydrogens is 262 g/mol. The highest BCUT2D eigenvalue weighted by molar-refractivity contribution is 6.31. The van der Waals surface area contributed by atoms with Crippen molar-refractivity contribution in [1.29, 1.82) is 0 Å². The molecule has 1 aromatic carbocycles. The van der Waals surface area contributed by atoms with Crippen LogP contribution in [0.2, 0.25) is 5.02 Å². The smallest absolute Gasteiger partial charge is 0.0830 e. The molecule has 1 heterocycles. The Morgan fingerprint density at radius 3 is 2.63 bits per heavy atom. The van der Waals surface area contributed by atoms with Crippen LogP contribution in [0.5, 0.6) is 0 Å². The second-order valence-corrected chi connectivity index (χ2v) is 4.77. The van der Waals surface area contributed by atoms with Crippen molar-refractivity contribution in [3.63, 3.8) is 0 Å². The fourth-order valence-electron chi connectivity index (χ4n) is 1.90. The Balaban J connectivity index is 2.07. The molecule has 1 N–H and O–H groups in total. The Morgan fingerprint density at radius 2 is 2.00 bits per heavy atom. The van der Waals surface area contributed by atoms with Gasteiger partial charge in [0, 0.05) is 25.9 Å². The maximum absolute atomic E-state index is 10.2. The summed E-state index contributed by atoms with van der Waals surface area (Å²) in [6, 6.07) is 9.56. The van der Waals surface area contributed by atoms with E-state index in [0.29, 0.717) is 18.1 Å². The largest absolute Gasteiger partial charge is 0.388 e. The minimum Gasteiger partial charge on any atom is -0.388 e. The molecule has 0 saturated heterocycles. The van der Waals surface area contributed by atoms with Gasteiger partial charge in [-0.25, -0.2) is 0 Å².